The molecule has 5 N–H and O–H groups in total. The zero-order valence-electron chi connectivity index (χ0n) is 9.39. The van der Waals surface area contributed by atoms with Gasteiger partial charge in [0.2, 0.25) is 0 Å². The first kappa shape index (κ1) is 15.4. The maximum absolute atomic E-state index is 10.9. The normalized spacial score (nSPS) is 15.2. The van der Waals surface area contributed by atoms with Gasteiger partial charge in [-0.3, -0.25) is 9.79 Å². The molecule has 0 aliphatic heterocycles. The summed E-state index contributed by atoms with van der Waals surface area (Å²) in [6.07, 6.45) is 1.63. The van der Waals surface area contributed by atoms with Crippen molar-refractivity contribution in [2.75, 3.05) is 38.3 Å². The molecule has 0 aromatic rings. The third kappa shape index (κ3) is 6.06. The van der Waals surface area contributed by atoms with Crippen molar-refractivity contribution in [1.82, 2.24) is 0 Å². The van der Waals surface area contributed by atoms with Gasteiger partial charge in [0.1, 0.15) is 5.54 Å². The lowest BCUT2D eigenvalue weighted by molar-refractivity contribution is -0.144. The summed E-state index contributed by atoms with van der Waals surface area (Å²) in [5, 5.41) is 8.94. The standard InChI is InChI=1S/C9H19N3O3S/c1-15-6-9(11,8(13)14)7-16-5-4-12-3-2-10/h3H,2,4-7,10-11H2,1H3,(H,13,14)/t9-/m0/s1. The smallest absolute Gasteiger partial charge is 0.326 e. The highest BCUT2D eigenvalue weighted by Crippen LogP contribution is 2.12. The Kier molecular flexibility index (Phi) is 8.18. The van der Waals surface area contributed by atoms with Gasteiger partial charge in [0, 0.05) is 37.9 Å². The number of hydrogen-bond acceptors (Lipinski definition) is 6. The second-order valence-corrected chi connectivity index (χ2v) is 4.38. The van der Waals surface area contributed by atoms with Crippen LogP contribution in [0, 0.1) is 0 Å². The summed E-state index contributed by atoms with van der Waals surface area (Å²) in [4.78, 5) is 14.9. The van der Waals surface area contributed by atoms with Crippen LogP contribution in [0.5, 0.6) is 0 Å². The largest absolute Gasteiger partial charge is 0.480 e. The summed E-state index contributed by atoms with van der Waals surface area (Å²) in [7, 11) is 1.43. The van der Waals surface area contributed by atoms with Crippen molar-refractivity contribution in [3.63, 3.8) is 0 Å². The van der Waals surface area contributed by atoms with Crippen LogP contribution in [-0.2, 0) is 9.53 Å². The number of aliphatic imine (C=N–C) groups is 1. The van der Waals surface area contributed by atoms with E-state index in [-0.39, 0.29) is 6.61 Å². The number of carboxylic acid groups (broad SMARTS) is 1. The Bertz CT molecular complexity index is 238. The Balaban J connectivity index is 3.86. The molecule has 0 rings (SSSR count). The molecule has 0 saturated carbocycles. The molecule has 0 aromatic carbocycles. The van der Waals surface area contributed by atoms with E-state index in [1.807, 2.05) is 0 Å². The molecular formula is C9H19N3O3S. The third-order valence-corrected chi connectivity index (χ3v) is 2.98. The predicted octanol–water partition coefficient (Wildman–Crippen LogP) is -0.822. The monoisotopic (exact) mass is 249 g/mol. The molecule has 0 bridgehead atoms. The summed E-state index contributed by atoms with van der Waals surface area (Å²) in [5.74, 6) is -0.0341. The minimum absolute atomic E-state index is 0.00139. The number of carboxylic acids is 1. The van der Waals surface area contributed by atoms with Crippen molar-refractivity contribution in [2.24, 2.45) is 16.5 Å². The van der Waals surface area contributed by atoms with Crippen LogP contribution in [0.1, 0.15) is 0 Å². The maximum atomic E-state index is 10.9. The molecule has 0 heterocycles. The predicted molar refractivity (Wildman–Crippen MR) is 66.2 cm³/mol. The molecule has 0 spiro atoms. The summed E-state index contributed by atoms with van der Waals surface area (Å²) in [6, 6.07) is 0. The fraction of sp³-hybridized carbons (Fsp3) is 0.778. The molecule has 94 valence electrons. The van der Waals surface area contributed by atoms with Crippen molar-refractivity contribution >= 4 is 23.9 Å². The first-order valence-corrected chi connectivity index (χ1v) is 5.99. The molecule has 6 nitrogen and oxygen atoms in total. The van der Waals surface area contributed by atoms with Crippen LogP contribution in [0.4, 0.5) is 0 Å². The van der Waals surface area contributed by atoms with E-state index in [9.17, 15) is 4.79 Å². The fourth-order valence-corrected chi connectivity index (χ4v) is 1.91. The van der Waals surface area contributed by atoms with E-state index in [2.05, 4.69) is 4.99 Å². The van der Waals surface area contributed by atoms with Gasteiger partial charge in [-0.25, -0.2) is 0 Å². The van der Waals surface area contributed by atoms with Gasteiger partial charge in [-0.05, 0) is 0 Å². The Morgan fingerprint density at radius 1 is 1.69 bits per heavy atom. The van der Waals surface area contributed by atoms with Crippen LogP contribution >= 0.6 is 11.8 Å². The van der Waals surface area contributed by atoms with E-state index in [1.54, 1.807) is 6.21 Å². The van der Waals surface area contributed by atoms with Crippen molar-refractivity contribution in [3.8, 4) is 0 Å². The minimum atomic E-state index is -1.32. The van der Waals surface area contributed by atoms with Crippen molar-refractivity contribution in [3.05, 3.63) is 0 Å². The van der Waals surface area contributed by atoms with E-state index in [4.69, 9.17) is 21.3 Å². The number of aliphatic carboxylic acids is 1. The van der Waals surface area contributed by atoms with E-state index < -0.39 is 11.5 Å². The van der Waals surface area contributed by atoms with Gasteiger partial charge < -0.3 is 21.3 Å². The average Bonchev–Trinajstić information content (AvgIpc) is 2.23. The Morgan fingerprint density at radius 3 is 2.88 bits per heavy atom. The second kappa shape index (κ2) is 8.51. The first-order valence-electron chi connectivity index (χ1n) is 4.84. The lowest BCUT2D eigenvalue weighted by Crippen LogP contribution is -2.54. The zero-order chi connectivity index (χ0) is 12.4. The van der Waals surface area contributed by atoms with E-state index >= 15 is 0 Å². The third-order valence-electron chi connectivity index (χ3n) is 1.79. The molecular weight excluding hydrogens is 230 g/mol. The van der Waals surface area contributed by atoms with Crippen LogP contribution in [0.3, 0.4) is 0 Å². The molecule has 0 aromatic heterocycles. The second-order valence-electron chi connectivity index (χ2n) is 3.27. The summed E-state index contributed by atoms with van der Waals surface area (Å²) < 4.78 is 4.80. The van der Waals surface area contributed by atoms with Gasteiger partial charge in [0.25, 0.3) is 0 Å². The van der Waals surface area contributed by atoms with Crippen molar-refractivity contribution in [2.45, 2.75) is 5.54 Å². The lowest BCUT2D eigenvalue weighted by Gasteiger charge is -2.22. The van der Waals surface area contributed by atoms with Gasteiger partial charge >= 0.3 is 5.97 Å². The van der Waals surface area contributed by atoms with Crippen LogP contribution < -0.4 is 11.5 Å². The number of carbonyl (C=O) groups is 1. The molecule has 7 heteroatoms. The Morgan fingerprint density at radius 2 is 2.38 bits per heavy atom. The van der Waals surface area contributed by atoms with Crippen LogP contribution in [0.25, 0.3) is 0 Å². The van der Waals surface area contributed by atoms with Gasteiger partial charge in [0.05, 0.1) is 6.61 Å². The highest BCUT2D eigenvalue weighted by molar-refractivity contribution is 7.99. The number of methoxy groups -OCH3 is 1. The van der Waals surface area contributed by atoms with E-state index in [1.165, 1.54) is 18.9 Å². The molecule has 0 amide bonds. The fourth-order valence-electron chi connectivity index (χ4n) is 0.960. The number of rotatable bonds is 9. The first-order chi connectivity index (χ1) is 7.56. The molecule has 0 saturated heterocycles. The lowest BCUT2D eigenvalue weighted by atomic mass is 10.1. The summed E-state index contributed by atoms with van der Waals surface area (Å²) >= 11 is 1.44. The van der Waals surface area contributed by atoms with Crippen LogP contribution in [0.15, 0.2) is 4.99 Å². The van der Waals surface area contributed by atoms with Gasteiger partial charge in [-0.15, -0.1) is 0 Å². The van der Waals surface area contributed by atoms with Crippen LogP contribution in [0.2, 0.25) is 0 Å². The molecule has 0 radical (unpaired) electrons. The highest BCUT2D eigenvalue weighted by atomic mass is 32.2. The van der Waals surface area contributed by atoms with Crippen molar-refractivity contribution in [1.29, 1.82) is 0 Å². The summed E-state index contributed by atoms with van der Waals surface area (Å²) in [6.45, 7) is 1.04. The zero-order valence-corrected chi connectivity index (χ0v) is 10.2. The topological polar surface area (TPSA) is 111 Å². The molecule has 0 unspecified atom stereocenters. The van der Waals surface area contributed by atoms with E-state index in [0.29, 0.717) is 24.6 Å². The number of ether oxygens (including phenoxy) is 1. The molecule has 0 aliphatic carbocycles. The molecule has 0 aliphatic rings. The minimum Gasteiger partial charge on any atom is -0.480 e. The van der Waals surface area contributed by atoms with Gasteiger partial charge in [-0.1, -0.05) is 0 Å². The number of nitrogens with two attached hydrogens (primary N) is 2. The molecule has 0 fully saturated rings. The SMILES string of the molecule is COC[C@](N)(CSCCN=CCN)C(=O)O. The van der Waals surface area contributed by atoms with Crippen LogP contribution in [-0.4, -0.2) is 61.1 Å². The molecule has 16 heavy (non-hydrogen) atoms. The van der Waals surface area contributed by atoms with Crippen molar-refractivity contribution < 1.29 is 14.6 Å². The Hall–Kier alpha value is -0.630. The maximum Gasteiger partial charge on any atom is 0.326 e. The number of thioether (sulfide) groups is 1. The average molecular weight is 249 g/mol. The highest BCUT2D eigenvalue weighted by Gasteiger charge is 2.33. The van der Waals surface area contributed by atoms with Gasteiger partial charge in [0.15, 0.2) is 0 Å². The molecule has 1 atom stereocenters. The van der Waals surface area contributed by atoms with Gasteiger partial charge in [-0.2, -0.15) is 11.8 Å². The number of nitrogens with zero attached hydrogens (tertiary/aromatic N) is 1. The number of hydrogen-bond donors (Lipinski definition) is 3. The van der Waals surface area contributed by atoms with E-state index in [0.717, 1.165) is 0 Å². The summed E-state index contributed by atoms with van der Waals surface area (Å²) in [5.41, 5.74) is 9.59. The Labute approximate surface area is 99.4 Å². The quantitative estimate of drug-likeness (QED) is 0.363.